The number of aryl methyl sites for hydroxylation is 1. The molecule has 1 heterocycles. The minimum absolute atomic E-state index is 0.231. The third kappa shape index (κ3) is 2.91. The van der Waals surface area contributed by atoms with E-state index in [4.69, 9.17) is 0 Å². The summed E-state index contributed by atoms with van der Waals surface area (Å²) in [5.74, 6) is -0.805. The Labute approximate surface area is 117 Å². The highest BCUT2D eigenvalue weighted by molar-refractivity contribution is 6.50. The Morgan fingerprint density at radius 1 is 1.25 bits per heavy atom. The summed E-state index contributed by atoms with van der Waals surface area (Å²) in [6.45, 7) is 3.65. The predicted molar refractivity (Wildman–Crippen MR) is 78.0 cm³/mol. The van der Waals surface area contributed by atoms with Crippen LogP contribution in [-0.2, 0) is 0 Å². The molecule has 5 nitrogen and oxygen atoms in total. The van der Waals surface area contributed by atoms with E-state index >= 15 is 0 Å². The van der Waals surface area contributed by atoms with Gasteiger partial charge in [0.15, 0.2) is 18.8 Å². The number of phenols is 2. The van der Waals surface area contributed by atoms with E-state index in [1.54, 1.807) is 19.2 Å². The first-order valence-corrected chi connectivity index (χ1v) is 6.10. The molecule has 6 heteroatoms. The van der Waals surface area contributed by atoms with E-state index in [0.29, 0.717) is 16.8 Å². The largest absolute Gasteiger partial charge is 0.504 e. The maximum atomic E-state index is 12.2. The Hall–Kier alpha value is -2.50. The Bertz CT molecular complexity index is 659. The number of nitrogens with zero attached hydrogens (tertiary/aromatic N) is 1. The van der Waals surface area contributed by atoms with Crippen molar-refractivity contribution in [2.24, 2.45) is 0 Å². The van der Waals surface area contributed by atoms with Gasteiger partial charge in [-0.25, -0.2) is 0 Å². The van der Waals surface area contributed by atoms with E-state index in [1.165, 1.54) is 18.2 Å². The molecule has 20 heavy (non-hydrogen) atoms. The van der Waals surface area contributed by atoms with Crippen LogP contribution in [0.2, 0.25) is 6.82 Å². The molecule has 1 aromatic heterocycles. The summed E-state index contributed by atoms with van der Waals surface area (Å²) in [4.78, 5) is 16.4. The number of hydrogen-bond donors (Lipinski definition) is 3. The van der Waals surface area contributed by atoms with Gasteiger partial charge in [-0.1, -0.05) is 6.82 Å². The van der Waals surface area contributed by atoms with E-state index in [0.717, 1.165) is 5.56 Å². The molecule has 0 saturated carbocycles. The topological polar surface area (TPSA) is 82.5 Å². The molecule has 0 aliphatic rings. The molecular weight excluding hydrogens is 255 g/mol. The van der Waals surface area contributed by atoms with Crippen LogP contribution in [-0.4, -0.2) is 28.4 Å². The van der Waals surface area contributed by atoms with E-state index in [1.807, 2.05) is 14.1 Å². The van der Waals surface area contributed by atoms with Gasteiger partial charge in [0.2, 0.25) is 0 Å². The number of nitrogens with one attached hydrogen (secondary N) is 1. The fourth-order valence-corrected chi connectivity index (χ4v) is 1.74. The van der Waals surface area contributed by atoms with Crippen molar-refractivity contribution in [1.82, 2.24) is 4.98 Å². The monoisotopic (exact) mass is 269 g/mol. The van der Waals surface area contributed by atoms with Crippen molar-refractivity contribution in [3.8, 4) is 11.5 Å². The van der Waals surface area contributed by atoms with E-state index in [-0.39, 0.29) is 17.4 Å². The Morgan fingerprint density at radius 2 is 2.00 bits per heavy atom. The molecule has 2 aromatic rings. The standard InChI is InChI=1S/C14H14BN2O3/c1-8-7-16-13(15-2)6-10(8)14(20)17-9-3-4-11(18)12(19)5-9/h3-7,18-19H,1-2H3,(H,17,20). The smallest absolute Gasteiger partial charge is 0.256 e. The number of hydrogen-bond acceptors (Lipinski definition) is 4. The number of anilines is 1. The zero-order valence-corrected chi connectivity index (χ0v) is 11.2. The summed E-state index contributed by atoms with van der Waals surface area (Å²) in [5.41, 5.74) is 2.40. The summed E-state index contributed by atoms with van der Waals surface area (Å²) in [6.07, 6.45) is 1.64. The average Bonchev–Trinajstić information content (AvgIpc) is 2.43. The van der Waals surface area contributed by atoms with Gasteiger partial charge in [-0.15, -0.1) is 0 Å². The van der Waals surface area contributed by atoms with Gasteiger partial charge in [-0.05, 0) is 36.3 Å². The third-order valence-corrected chi connectivity index (χ3v) is 2.90. The maximum absolute atomic E-state index is 12.2. The molecule has 2 rings (SSSR count). The maximum Gasteiger partial charge on any atom is 0.256 e. The third-order valence-electron chi connectivity index (χ3n) is 2.90. The van der Waals surface area contributed by atoms with Crippen LogP contribution < -0.4 is 10.9 Å². The second-order valence-corrected chi connectivity index (χ2v) is 4.37. The number of aromatic hydroxyl groups is 2. The second kappa shape index (κ2) is 5.65. The Kier molecular flexibility index (Phi) is 3.93. The first kappa shape index (κ1) is 13.9. The summed E-state index contributed by atoms with van der Waals surface area (Å²) in [5, 5.41) is 21.3. The lowest BCUT2D eigenvalue weighted by atomic mass is 9.77. The number of pyridine rings is 1. The molecule has 0 atom stereocenters. The van der Waals surface area contributed by atoms with Crippen molar-refractivity contribution in [1.29, 1.82) is 0 Å². The highest BCUT2D eigenvalue weighted by Gasteiger charge is 2.11. The van der Waals surface area contributed by atoms with Crippen molar-refractivity contribution in [3.05, 3.63) is 41.6 Å². The molecule has 0 spiro atoms. The van der Waals surface area contributed by atoms with E-state index in [9.17, 15) is 15.0 Å². The van der Waals surface area contributed by atoms with E-state index < -0.39 is 0 Å². The number of carbonyl (C=O) groups is 1. The highest BCUT2D eigenvalue weighted by Crippen LogP contribution is 2.27. The quantitative estimate of drug-likeness (QED) is 0.447. The molecule has 0 bridgehead atoms. The molecule has 1 amide bonds. The fourth-order valence-electron chi connectivity index (χ4n) is 1.74. The van der Waals surface area contributed by atoms with Gasteiger partial charge in [0.1, 0.15) is 0 Å². The molecule has 0 fully saturated rings. The summed E-state index contributed by atoms with van der Waals surface area (Å²) < 4.78 is 0. The lowest BCUT2D eigenvalue weighted by Crippen LogP contribution is -2.21. The number of amides is 1. The van der Waals surface area contributed by atoms with Crippen LogP contribution >= 0.6 is 0 Å². The van der Waals surface area contributed by atoms with Crippen LogP contribution in [0, 0.1) is 6.92 Å². The molecule has 0 aliphatic heterocycles. The van der Waals surface area contributed by atoms with Crippen molar-refractivity contribution < 1.29 is 15.0 Å². The average molecular weight is 269 g/mol. The van der Waals surface area contributed by atoms with Crippen molar-refractivity contribution in [3.63, 3.8) is 0 Å². The van der Waals surface area contributed by atoms with Crippen molar-refractivity contribution in [2.75, 3.05) is 5.32 Å². The molecule has 0 saturated heterocycles. The van der Waals surface area contributed by atoms with Crippen LogP contribution in [0.1, 0.15) is 15.9 Å². The van der Waals surface area contributed by atoms with Gasteiger partial charge >= 0.3 is 0 Å². The predicted octanol–water partition coefficient (Wildman–Crippen LogP) is 1.43. The van der Waals surface area contributed by atoms with Crippen LogP contribution in [0.5, 0.6) is 11.5 Å². The Morgan fingerprint density at radius 3 is 2.65 bits per heavy atom. The van der Waals surface area contributed by atoms with Crippen LogP contribution in [0.4, 0.5) is 5.69 Å². The van der Waals surface area contributed by atoms with Crippen LogP contribution in [0.25, 0.3) is 0 Å². The number of carbonyl (C=O) groups excluding carboxylic acids is 1. The minimum atomic E-state index is -0.293. The number of benzene rings is 1. The molecule has 0 aliphatic carbocycles. The summed E-state index contributed by atoms with van der Waals surface area (Å²) >= 11 is 0. The molecular formula is C14H14BN2O3. The summed E-state index contributed by atoms with van der Waals surface area (Å²) in [7, 11) is 1.81. The number of rotatable bonds is 3. The lowest BCUT2D eigenvalue weighted by Gasteiger charge is -2.09. The normalized spacial score (nSPS) is 10.1. The van der Waals surface area contributed by atoms with Gasteiger partial charge in [0, 0.05) is 23.5 Å². The van der Waals surface area contributed by atoms with Crippen LogP contribution in [0.15, 0.2) is 30.5 Å². The van der Waals surface area contributed by atoms with E-state index in [2.05, 4.69) is 10.3 Å². The summed E-state index contributed by atoms with van der Waals surface area (Å²) in [6, 6.07) is 5.81. The molecule has 3 N–H and O–H groups in total. The van der Waals surface area contributed by atoms with Gasteiger partial charge in [-0.3, -0.25) is 9.78 Å². The van der Waals surface area contributed by atoms with Gasteiger partial charge in [0.25, 0.3) is 5.91 Å². The van der Waals surface area contributed by atoms with Gasteiger partial charge in [0.05, 0.1) is 0 Å². The van der Waals surface area contributed by atoms with Crippen LogP contribution in [0.3, 0.4) is 0 Å². The molecule has 1 radical (unpaired) electrons. The minimum Gasteiger partial charge on any atom is -0.504 e. The number of aromatic nitrogens is 1. The lowest BCUT2D eigenvalue weighted by molar-refractivity contribution is 0.102. The first-order chi connectivity index (χ1) is 9.51. The first-order valence-electron chi connectivity index (χ1n) is 6.10. The molecule has 1 aromatic carbocycles. The number of phenolic OH excluding ortho intramolecular Hbond substituents is 2. The highest BCUT2D eigenvalue weighted by atomic mass is 16.3. The zero-order valence-electron chi connectivity index (χ0n) is 11.2. The molecule has 101 valence electrons. The van der Waals surface area contributed by atoms with Crippen molar-refractivity contribution >= 4 is 24.5 Å². The zero-order chi connectivity index (χ0) is 14.7. The van der Waals surface area contributed by atoms with Gasteiger partial charge < -0.3 is 15.5 Å². The Balaban J connectivity index is 2.25. The van der Waals surface area contributed by atoms with Gasteiger partial charge in [-0.2, -0.15) is 0 Å². The fraction of sp³-hybridized carbons (Fsp3) is 0.143. The SMILES string of the molecule is C[B]c1cc(C(=O)Nc2ccc(O)c(O)c2)c(C)cn1. The second-order valence-electron chi connectivity index (χ2n) is 4.37. The molecule has 0 unspecified atom stereocenters. The van der Waals surface area contributed by atoms with Crippen molar-refractivity contribution in [2.45, 2.75) is 13.7 Å².